The van der Waals surface area contributed by atoms with Crippen LogP contribution in [0.25, 0.3) is 0 Å². The van der Waals surface area contributed by atoms with Crippen molar-refractivity contribution in [1.29, 1.82) is 0 Å². The molecule has 13 unspecified atom stereocenters. The summed E-state index contributed by atoms with van der Waals surface area (Å²) in [5.41, 5.74) is 2.42. The van der Waals surface area contributed by atoms with E-state index in [0.29, 0.717) is 44.9 Å². The number of Topliss-reactive ketones (excluding diaryl/α,β-unsaturated/α-hetero) is 2. The van der Waals surface area contributed by atoms with E-state index in [-0.39, 0.29) is 66.2 Å². The molecule has 1 aliphatic carbocycles. The Morgan fingerprint density at radius 3 is 2.12 bits per heavy atom. The minimum absolute atomic E-state index is 0.0297. The Labute approximate surface area is 410 Å². The highest BCUT2D eigenvalue weighted by Gasteiger charge is 2.57. The average molecular weight is 981 g/mol. The number of carbonyl (C=O) groups is 4. The van der Waals surface area contributed by atoms with Crippen LogP contribution in [0.5, 0.6) is 0 Å². The number of hydrogen-bond donors (Lipinski definition) is 1. The summed E-state index contributed by atoms with van der Waals surface area (Å²) in [7, 11) is 2.17. The van der Waals surface area contributed by atoms with Gasteiger partial charge in [0.25, 0.3) is 11.7 Å². The van der Waals surface area contributed by atoms with Gasteiger partial charge >= 0.3 is 5.97 Å². The molecule has 1 amide bonds. The molecule has 0 spiro atoms. The van der Waals surface area contributed by atoms with Crippen LogP contribution >= 0.6 is 11.6 Å². The molecule has 4 rings (SSSR count). The van der Waals surface area contributed by atoms with Crippen molar-refractivity contribution in [2.24, 2.45) is 23.7 Å². The Bertz CT molecular complexity index is 1710. The first-order valence-corrected chi connectivity index (χ1v) is 28.3. The first kappa shape index (κ1) is 57.6. The van der Waals surface area contributed by atoms with Gasteiger partial charge in [0, 0.05) is 52.0 Å². The molecule has 12 nitrogen and oxygen atoms in total. The second kappa shape index (κ2) is 24.9. The molecule has 0 aromatic heterocycles. The highest BCUT2D eigenvalue weighted by molar-refractivity contribution is 6.77. The molecule has 1 N–H and O–H groups in total. The number of nitrogens with zero attached hydrogens (tertiary/aromatic N) is 1. The fourth-order valence-corrected chi connectivity index (χ4v) is 18.5. The van der Waals surface area contributed by atoms with Crippen LogP contribution in [0.2, 0.25) is 16.6 Å². The van der Waals surface area contributed by atoms with E-state index in [0.717, 1.165) is 30.4 Å². The molecule has 14 heteroatoms. The number of methoxy groups -OCH3 is 3. The summed E-state index contributed by atoms with van der Waals surface area (Å²) in [5.74, 6) is -6.88. The molecule has 13 atom stereocenters. The standard InChI is InChI=1S/C53H90ClNO11Si/c1-16-20-40-26-35(8)25-36(9)27-45(62-14)48-46(63-15)28-38(11)53(60,65-48)49(57)50(58)55-24-18-17-22-42(55)51(59)64-47(37(10)30-52(54)23-19-21-41(31-52)61-13)39(12)44(29-43(40)56)66-67(32(2)3,33(4)5)34(6)7/h26,30,32-34,36,38-42,44-48,60H,16-25,27-29,31H2,1-15H3/b35-26+,37-30?. The van der Waals surface area contributed by atoms with E-state index in [1.165, 1.54) is 4.90 Å². The van der Waals surface area contributed by atoms with Crippen LogP contribution < -0.4 is 0 Å². The van der Waals surface area contributed by atoms with Gasteiger partial charge < -0.3 is 38.1 Å². The second-order valence-corrected chi connectivity index (χ2v) is 28.2. The number of fused-ring (bicyclic) bond motifs is 3. The predicted molar refractivity (Wildman–Crippen MR) is 266 cm³/mol. The van der Waals surface area contributed by atoms with Gasteiger partial charge in [-0.15, -0.1) is 11.6 Å². The maximum absolute atomic E-state index is 15.1. The maximum Gasteiger partial charge on any atom is 0.329 e. The second-order valence-electron chi connectivity index (χ2n) is 22.0. The fraction of sp³-hybridized carbons (Fsp3) is 0.849. The predicted octanol–water partition coefficient (Wildman–Crippen LogP) is 10.5. The Morgan fingerprint density at radius 1 is 0.910 bits per heavy atom. The Kier molecular flexibility index (Phi) is 21.4. The van der Waals surface area contributed by atoms with Crippen molar-refractivity contribution < 1.29 is 52.4 Å². The average Bonchev–Trinajstić information content (AvgIpc) is 3.27. The highest BCUT2D eigenvalue weighted by Crippen LogP contribution is 2.46. The van der Waals surface area contributed by atoms with E-state index >= 15 is 9.59 Å². The number of aliphatic hydroxyl groups is 1. The lowest BCUT2D eigenvalue weighted by Gasteiger charge is -2.47. The van der Waals surface area contributed by atoms with Crippen LogP contribution in [0.1, 0.15) is 167 Å². The monoisotopic (exact) mass is 980 g/mol. The van der Waals surface area contributed by atoms with Crippen LogP contribution in [-0.2, 0) is 47.3 Å². The summed E-state index contributed by atoms with van der Waals surface area (Å²) in [6.07, 6.45) is 8.02. The van der Waals surface area contributed by atoms with Crippen molar-refractivity contribution in [1.82, 2.24) is 4.90 Å². The largest absolute Gasteiger partial charge is 0.456 e. The molecule has 4 aliphatic rings. The fourth-order valence-electron chi connectivity index (χ4n) is 12.4. The molecule has 2 saturated heterocycles. The van der Waals surface area contributed by atoms with E-state index in [9.17, 15) is 14.7 Å². The SMILES string of the molecule is CCCC1/C=C(\C)CC(C)CC(OC)C2OC(O)(C(=O)C(=O)N3CCCCC3C(=O)OC(C(C)=CC3(Cl)CCCC(OC)C3)C(C)C(O[Si](C(C)C)(C(C)C)C(C)C)CC1=O)C(C)CC2OC. The van der Waals surface area contributed by atoms with Gasteiger partial charge in [-0.25, -0.2) is 4.79 Å². The lowest BCUT2D eigenvalue weighted by atomic mass is 9.81. The van der Waals surface area contributed by atoms with Crippen LogP contribution in [0, 0.1) is 23.7 Å². The molecule has 1 saturated carbocycles. The third-order valence-electron chi connectivity index (χ3n) is 16.0. The number of alkyl halides is 1. The molecule has 3 heterocycles. The van der Waals surface area contributed by atoms with E-state index in [2.05, 4.69) is 68.4 Å². The summed E-state index contributed by atoms with van der Waals surface area (Å²) in [5, 5.41) is 12.3. The zero-order valence-corrected chi connectivity index (χ0v) is 45.7. The van der Waals surface area contributed by atoms with E-state index < -0.39 is 85.0 Å². The Morgan fingerprint density at radius 2 is 1.54 bits per heavy atom. The number of cyclic esters (lactones) is 1. The Hall–Kier alpha value is -1.97. The zero-order valence-electron chi connectivity index (χ0n) is 44.0. The number of allylic oxidation sites excluding steroid dienone is 3. The summed E-state index contributed by atoms with van der Waals surface area (Å²) < 4.78 is 38.5. The number of halogens is 1. The number of amides is 1. The summed E-state index contributed by atoms with van der Waals surface area (Å²) in [4.78, 5) is 59.7. The third-order valence-corrected chi connectivity index (χ3v) is 22.6. The van der Waals surface area contributed by atoms with Gasteiger partial charge in [0.2, 0.25) is 14.1 Å². The maximum atomic E-state index is 15.1. The van der Waals surface area contributed by atoms with Gasteiger partial charge in [0.05, 0.1) is 29.3 Å². The summed E-state index contributed by atoms with van der Waals surface area (Å²) in [6.45, 7) is 25.4. The normalized spacial score (nSPS) is 37.3. The van der Waals surface area contributed by atoms with E-state index in [1.807, 2.05) is 19.9 Å². The number of carbonyl (C=O) groups excluding carboxylic acids is 4. The molecular formula is C53H90ClNO11Si. The van der Waals surface area contributed by atoms with Gasteiger partial charge in [0.15, 0.2) is 0 Å². The minimum atomic E-state index is -2.66. The number of esters is 1. The smallest absolute Gasteiger partial charge is 0.329 e. The first-order chi connectivity index (χ1) is 31.4. The molecule has 3 aliphatic heterocycles. The number of hydrogen-bond acceptors (Lipinski definition) is 11. The van der Waals surface area contributed by atoms with Crippen molar-refractivity contribution in [2.75, 3.05) is 27.9 Å². The zero-order chi connectivity index (χ0) is 50.2. The molecule has 67 heavy (non-hydrogen) atoms. The van der Waals surface area contributed by atoms with Crippen molar-refractivity contribution in [3.63, 3.8) is 0 Å². The van der Waals surface area contributed by atoms with Gasteiger partial charge in [-0.3, -0.25) is 14.4 Å². The van der Waals surface area contributed by atoms with Gasteiger partial charge in [-0.05, 0) is 113 Å². The molecule has 0 aromatic carbocycles. The van der Waals surface area contributed by atoms with E-state index in [4.69, 9.17) is 39.7 Å². The highest BCUT2D eigenvalue weighted by atomic mass is 35.5. The molecule has 2 bridgehead atoms. The molecule has 384 valence electrons. The number of piperidine rings is 1. The molecule has 0 radical (unpaired) electrons. The molecule has 3 fully saturated rings. The van der Waals surface area contributed by atoms with Crippen LogP contribution in [0.15, 0.2) is 23.3 Å². The van der Waals surface area contributed by atoms with Crippen molar-refractivity contribution in [2.45, 2.75) is 237 Å². The molecule has 0 aromatic rings. The van der Waals surface area contributed by atoms with Gasteiger partial charge in [0.1, 0.15) is 24.0 Å². The van der Waals surface area contributed by atoms with E-state index in [1.54, 1.807) is 28.3 Å². The van der Waals surface area contributed by atoms with Crippen LogP contribution in [0.3, 0.4) is 0 Å². The summed E-state index contributed by atoms with van der Waals surface area (Å²) >= 11 is 7.46. The van der Waals surface area contributed by atoms with Crippen LogP contribution in [-0.4, -0.2) is 123 Å². The number of rotatable bonds is 12. The number of ketones is 2. The number of ether oxygens (including phenoxy) is 5. The lowest BCUT2D eigenvalue weighted by molar-refractivity contribution is -0.302. The quantitative estimate of drug-likeness (QED) is 0.0655. The third kappa shape index (κ3) is 13.5. The van der Waals surface area contributed by atoms with Gasteiger partial charge in [-0.2, -0.15) is 0 Å². The van der Waals surface area contributed by atoms with Gasteiger partial charge in [-0.1, -0.05) is 93.4 Å². The minimum Gasteiger partial charge on any atom is -0.456 e. The topological polar surface area (TPSA) is 147 Å². The lowest BCUT2D eigenvalue weighted by Crippen LogP contribution is -2.64. The molecular weight excluding hydrogens is 890 g/mol. The van der Waals surface area contributed by atoms with Crippen molar-refractivity contribution in [3.05, 3.63) is 23.3 Å². The Balaban J connectivity index is 1.96. The van der Waals surface area contributed by atoms with Crippen LogP contribution in [0.4, 0.5) is 0 Å². The summed E-state index contributed by atoms with van der Waals surface area (Å²) in [6, 6.07) is -1.12. The van der Waals surface area contributed by atoms with Crippen molar-refractivity contribution in [3.8, 4) is 0 Å². The first-order valence-electron chi connectivity index (χ1n) is 25.7. The van der Waals surface area contributed by atoms with Crippen molar-refractivity contribution >= 4 is 43.4 Å².